The molecule has 150 valence electrons. The number of rotatable bonds is 15. The van der Waals surface area contributed by atoms with E-state index in [2.05, 4.69) is 6.92 Å². The van der Waals surface area contributed by atoms with Gasteiger partial charge in [-0.2, -0.15) is 8.42 Å². The average Bonchev–Trinajstić information content (AvgIpc) is 2.60. The van der Waals surface area contributed by atoms with Gasteiger partial charge in [-0.3, -0.25) is 4.18 Å². The molecule has 26 heavy (non-hydrogen) atoms. The molecule has 5 heteroatoms. The van der Waals surface area contributed by atoms with E-state index in [0.29, 0.717) is 12.8 Å². The van der Waals surface area contributed by atoms with Crippen molar-refractivity contribution in [1.82, 2.24) is 0 Å². The van der Waals surface area contributed by atoms with Crippen LogP contribution in [0.4, 0.5) is 0 Å². The van der Waals surface area contributed by atoms with Gasteiger partial charge in [0.2, 0.25) is 0 Å². The van der Waals surface area contributed by atoms with Gasteiger partial charge in [-0.1, -0.05) is 82.4 Å². The first-order valence-electron chi connectivity index (χ1n) is 10.1. The minimum atomic E-state index is -3.73. The molecule has 1 atom stereocenters. The standard InChI is InChI=1S/C21H36O4S/c1-3-4-5-6-7-8-9-10-11-12-20(22)17-18-25-26(23,24)21-15-13-19(2)14-16-21/h13-16,20,22H,3-12,17-18H2,1-2H3/t20-/m0/s1. The van der Waals surface area contributed by atoms with Crippen molar-refractivity contribution in [2.24, 2.45) is 0 Å². The molecule has 0 spiro atoms. The molecule has 1 aromatic carbocycles. The zero-order chi connectivity index (χ0) is 19.3. The lowest BCUT2D eigenvalue weighted by atomic mass is 10.0. The second-order valence-corrected chi connectivity index (χ2v) is 8.76. The number of aliphatic hydroxyl groups is 1. The monoisotopic (exact) mass is 384 g/mol. The quantitative estimate of drug-likeness (QED) is 0.326. The van der Waals surface area contributed by atoms with E-state index >= 15 is 0 Å². The van der Waals surface area contributed by atoms with E-state index in [1.54, 1.807) is 24.3 Å². The van der Waals surface area contributed by atoms with Crippen LogP contribution in [-0.2, 0) is 14.3 Å². The summed E-state index contributed by atoms with van der Waals surface area (Å²) >= 11 is 0. The fraction of sp³-hybridized carbons (Fsp3) is 0.714. The maximum Gasteiger partial charge on any atom is 0.296 e. The molecular weight excluding hydrogens is 348 g/mol. The third kappa shape index (κ3) is 10.3. The Morgan fingerprint density at radius 3 is 2.00 bits per heavy atom. The minimum Gasteiger partial charge on any atom is -0.393 e. The Hall–Kier alpha value is -0.910. The lowest BCUT2D eigenvalue weighted by Crippen LogP contribution is -2.14. The predicted octanol–water partition coefficient (Wildman–Crippen LogP) is 5.37. The van der Waals surface area contributed by atoms with E-state index in [1.807, 2.05) is 6.92 Å². The molecule has 0 fully saturated rings. The molecule has 0 saturated heterocycles. The molecule has 0 amide bonds. The largest absolute Gasteiger partial charge is 0.393 e. The first-order valence-corrected chi connectivity index (χ1v) is 11.5. The van der Waals surface area contributed by atoms with Gasteiger partial charge in [0.1, 0.15) is 0 Å². The van der Waals surface area contributed by atoms with Crippen molar-refractivity contribution in [2.75, 3.05) is 6.61 Å². The molecule has 0 aliphatic rings. The van der Waals surface area contributed by atoms with Gasteiger partial charge in [-0.15, -0.1) is 0 Å². The van der Waals surface area contributed by atoms with E-state index < -0.39 is 16.2 Å². The lowest BCUT2D eigenvalue weighted by molar-refractivity contribution is 0.129. The normalized spacial score (nSPS) is 13.0. The second-order valence-electron chi connectivity index (χ2n) is 7.15. The lowest BCUT2D eigenvalue weighted by Gasteiger charge is -2.11. The predicted molar refractivity (Wildman–Crippen MR) is 107 cm³/mol. The summed E-state index contributed by atoms with van der Waals surface area (Å²) in [7, 11) is -3.73. The van der Waals surface area contributed by atoms with Crippen LogP contribution in [0.5, 0.6) is 0 Å². The number of unbranched alkanes of at least 4 members (excludes halogenated alkanes) is 8. The van der Waals surface area contributed by atoms with Crippen molar-refractivity contribution in [1.29, 1.82) is 0 Å². The van der Waals surface area contributed by atoms with Gasteiger partial charge in [-0.25, -0.2) is 0 Å². The van der Waals surface area contributed by atoms with Crippen LogP contribution in [0.25, 0.3) is 0 Å². The molecular formula is C21H36O4S. The number of hydrogen-bond donors (Lipinski definition) is 1. The minimum absolute atomic E-state index is 0.0226. The maximum atomic E-state index is 12.0. The molecule has 0 saturated carbocycles. The highest BCUT2D eigenvalue weighted by molar-refractivity contribution is 7.86. The van der Waals surface area contributed by atoms with Gasteiger partial charge in [0, 0.05) is 0 Å². The van der Waals surface area contributed by atoms with Crippen molar-refractivity contribution in [3.63, 3.8) is 0 Å². The molecule has 0 radical (unpaired) electrons. The van der Waals surface area contributed by atoms with E-state index in [0.717, 1.165) is 18.4 Å². The van der Waals surface area contributed by atoms with Crippen molar-refractivity contribution >= 4 is 10.1 Å². The van der Waals surface area contributed by atoms with Crippen LogP contribution in [0, 0.1) is 6.92 Å². The van der Waals surface area contributed by atoms with Crippen molar-refractivity contribution in [2.45, 2.75) is 95.5 Å². The molecule has 0 aromatic heterocycles. The molecule has 0 aliphatic carbocycles. The Morgan fingerprint density at radius 1 is 0.885 bits per heavy atom. The first kappa shape index (κ1) is 23.1. The van der Waals surface area contributed by atoms with Gasteiger partial charge in [0.15, 0.2) is 0 Å². The summed E-state index contributed by atoms with van der Waals surface area (Å²) in [6, 6.07) is 6.58. The van der Waals surface area contributed by atoms with Gasteiger partial charge in [0.05, 0.1) is 17.6 Å². The Labute approximate surface area is 160 Å². The Kier molecular flexibility index (Phi) is 11.8. The van der Waals surface area contributed by atoms with Crippen LogP contribution in [0.15, 0.2) is 29.2 Å². The van der Waals surface area contributed by atoms with Gasteiger partial charge in [-0.05, 0) is 31.9 Å². The van der Waals surface area contributed by atoms with Crippen molar-refractivity contribution < 1.29 is 17.7 Å². The molecule has 1 N–H and O–H groups in total. The number of aryl methyl sites for hydroxylation is 1. The summed E-state index contributed by atoms with van der Waals surface area (Å²) in [4.78, 5) is 0.163. The molecule has 1 rings (SSSR count). The third-order valence-electron chi connectivity index (χ3n) is 4.64. The highest BCUT2D eigenvalue weighted by Gasteiger charge is 2.15. The van der Waals surface area contributed by atoms with Crippen LogP contribution < -0.4 is 0 Å². The summed E-state index contributed by atoms with van der Waals surface area (Å²) in [5.74, 6) is 0. The maximum absolute atomic E-state index is 12.0. The van der Waals surface area contributed by atoms with Crippen LogP contribution >= 0.6 is 0 Å². The smallest absolute Gasteiger partial charge is 0.296 e. The van der Waals surface area contributed by atoms with Gasteiger partial charge < -0.3 is 5.11 Å². The zero-order valence-corrected chi connectivity index (χ0v) is 17.3. The molecule has 0 aliphatic heterocycles. The van der Waals surface area contributed by atoms with Gasteiger partial charge >= 0.3 is 0 Å². The molecule has 0 unspecified atom stereocenters. The number of benzene rings is 1. The van der Waals surface area contributed by atoms with Crippen LogP contribution in [-0.4, -0.2) is 26.2 Å². The zero-order valence-electron chi connectivity index (χ0n) is 16.5. The van der Waals surface area contributed by atoms with Crippen LogP contribution in [0.3, 0.4) is 0 Å². The summed E-state index contributed by atoms with van der Waals surface area (Å²) in [6.45, 7) is 4.16. The second kappa shape index (κ2) is 13.3. The van der Waals surface area contributed by atoms with Crippen molar-refractivity contribution in [3.05, 3.63) is 29.8 Å². The molecule has 0 bridgehead atoms. The molecule has 0 heterocycles. The fourth-order valence-corrected chi connectivity index (χ4v) is 3.82. The number of aliphatic hydroxyl groups excluding tert-OH is 1. The van der Waals surface area contributed by atoms with E-state index in [1.165, 1.54) is 44.9 Å². The molecule has 1 aromatic rings. The summed E-state index contributed by atoms with van der Waals surface area (Å²) < 4.78 is 29.1. The number of hydrogen-bond acceptors (Lipinski definition) is 4. The third-order valence-corrected chi connectivity index (χ3v) is 5.97. The Balaban J connectivity index is 2.07. The molecule has 4 nitrogen and oxygen atoms in total. The summed E-state index contributed by atoms with van der Waals surface area (Å²) in [6.07, 6.45) is 11.8. The average molecular weight is 385 g/mol. The summed E-state index contributed by atoms with van der Waals surface area (Å²) in [5, 5.41) is 9.98. The fourth-order valence-electron chi connectivity index (χ4n) is 2.90. The topological polar surface area (TPSA) is 63.6 Å². The first-order chi connectivity index (χ1) is 12.5. The van der Waals surface area contributed by atoms with E-state index in [9.17, 15) is 13.5 Å². The highest BCUT2D eigenvalue weighted by atomic mass is 32.2. The Morgan fingerprint density at radius 2 is 1.42 bits per heavy atom. The van der Waals surface area contributed by atoms with Gasteiger partial charge in [0.25, 0.3) is 10.1 Å². The highest BCUT2D eigenvalue weighted by Crippen LogP contribution is 2.15. The SMILES string of the molecule is CCCCCCCCCCC[C@H](O)CCOS(=O)(=O)c1ccc(C)cc1. The van der Waals surface area contributed by atoms with Crippen LogP contribution in [0.1, 0.15) is 83.1 Å². The Bertz CT molecular complexity index is 566. The van der Waals surface area contributed by atoms with Crippen molar-refractivity contribution in [3.8, 4) is 0 Å². The summed E-state index contributed by atoms with van der Waals surface area (Å²) in [5.41, 5.74) is 1.00. The van der Waals surface area contributed by atoms with Crippen LogP contribution in [0.2, 0.25) is 0 Å². The van der Waals surface area contributed by atoms with E-state index in [-0.39, 0.29) is 11.5 Å². The van der Waals surface area contributed by atoms with E-state index in [4.69, 9.17) is 4.18 Å².